The van der Waals surface area contributed by atoms with Crippen LogP contribution in [0.2, 0.25) is 0 Å². The second-order valence-electron chi connectivity index (χ2n) is 5.53. The number of nitrogens with one attached hydrogen (secondary N) is 2. The van der Waals surface area contributed by atoms with Gasteiger partial charge in [-0.15, -0.1) is 0 Å². The van der Waals surface area contributed by atoms with Crippen molar-refractivity contribution in [3.8, 4) is 5.75 Å². The summed E-state index contributed by atoms with van der Waals surface area (Å²) in [5, 5.41) is 13.3. The lowest BCUT2D eigenvalue weighted by molar-refractivity contribution is -0.385. The van der Waals surface area contributed by atoms with Gasteiger partial charge in [0, 0.05) is 23.4 Å². The highest BCUT2D eigenvalue weighted by Gasteiger charge is 2.23. The molecule has 0 aliphatic carbocycles. The third-order valence-corrected chi connectivity index (χ3v) is 5.07. The topological polar surface area (TPSA) is 154 Å². The van der Waals surface area contributed by atoms with Gasteiger partial charge >= 0.3 is 5.97 Å². The van der Waals surface area contributed by atoms with E-state index in [1.54, 1.807) is 0 Å². The van der Waals surface area contributed by atoms with Crippen LogP contribution in [0.1, 0.15) is 10.4 Å². The molecule has 2 aromatic carbocycles. The molecule has 0 heterocycles. The third kappa shape index (κ3) is 5.42. The van der Waals surface area contributed by atoms with E-state index >= 15 is 0 Å². The Hall–Kier alpha value is -3.67. The van der Waals surface area contributed by atoms with Crippen LogP contribution in [0.25, 0.3) is 0 Å². The minimum Gasteiger partial charge on any atom is -0.495 e. The van der Waals surface area contributed by atoms with Gasteiger partial charge in [-0.3, -0.25) is 24.4 Å². The van der Waals surface area contributed by atoms with Crippen molar-refractivity contribution in [2.45, 2.75) is 4.90 Å². The number of anilines is 1. The van der Waals surface area contributed by atoms with E-state index in [0.29, 0.717) is 0 Å². The molecular weight excluding hydrogens is 406 g/mol. The summed E-state index contributed by atoms with van der Waals surface area (Å²) >= 11 is 0. The van der Waals surface area contributed by atoms with Crippen molar-refractivity contribution >= 4 is 33.3 Å². The smallest absolute Gasteiger partial charge is 0.325 e. The van der Waals surface area contributed by atoms with Crippen molar-refractivity contribution in [3.63, 3.8) is 0 Å². The number of hydrogen-bond acceptors (Lipinski definition) is 8. The SMILES string of the molecule is COC(=O)CNC(=O)c1ccc(NS(=O)(=O)c2cc([N+](=O)[O-])ccc2OC)cc1. The maximum absolute atomic E-state index is 12.6. The molecule has 12 heteroatoms. The van der Waals surface area contributed by atoms with Crippen molar-refractivity contribution in [2.75, 3.05) is 25.5 Å². The summed E-state index contributed by atoms with van der Waals surface area (Å²) in [6, 6.07) is 8.53. The number of nitro groups is 1. The predicted molar refractivity (Wildman–Crippen MR) is 101 cm³/mol. The zero-order valence-corrected chi connectivity index (χ0v) is 16.2. The van der Waals surface area contributed by atoms with Gasteiger partial charge in [-0.05, 0) is 30.3 Å². The molecule has 0 atom stereocenters. The Morgan fingerprint density at radius 3 is 2.31 bits per heavy atom. The molecule has 0 bridgehead atoms. The maximum atomic E-state index is 12.6. The minimum absolute atomic E-state index is 0.0677. The van der Waals surface area contributed by atoms with Gasteiger partial charge < -0.3 is 14.8 Å². The van der Waals surface area contributed by atoms with Crippen LogP contribution in [0, 0.1) is 10.1 Å². The van der Waals surface area contributed by atoms with Crippen LogP contribution in [0.15, 0.2) is 47.4 Å². The zero-order chi connectivity index (χ0) is 21.6. The predicted octanol–water partition coefficient (Wildman–Crippen LogP) is 1.31. The number of nitro benzene ring substituents is 1. The van der Waals surface area contributed by atoms with Crippen molar-refractivity contribution < 1.29 is 32.4 Å². The molecule has 2 N–H and O–H groups in total. The second kappa shape index (κ2) is 9.01. The molecule has 1 amide bonds. The first-order chi connectivity index (χ1) is 13.7. The van der Waals surface area contributed by atoms with Crippen molar-refractivity contribution in [1.82, 2.24) is 5.32 Å². The van der Waals surface area contributed by atoms with Crippen LogP contribution < -0.4 is 14.8 Å². The molecule has 0 aliphatic rings. The fraction of sp³-hybridized carbons (Fsp3) is 0.176. The number of sulfonamides is 1. The van der Waals surface area contributed by atoms with Crippen LogP contribution >= 0.6 is 0 Å². The molecule has 0 radical (unpaired) electrons. The molecule has 154 valence electrons. The maximum Gasteiger partial charge on any atom is 0.325 e. The first-order valence-electron chi connectivity index (χ1n) is 7.98. The van der Waals surface area contributed by atoms with Gasteiger partial charge in [0.2, 0.25) is 0 Å². The lowest BCUT2D eigenvalue weighted by atomic mass is 10.2. The number of amides is 1. The summed E-state index contributed by atoms with van der Waals surface area (Å²) in [7, 11) is -1.79. The summed E-state index contributed by atoms with van der Waals surface area (Å²) in [6.45, 7) is -0.309. The fourth-order valence-electron chi connectivity index (χ4n) is 2.22. The van der Waals surface area contributed by atoms with Crippen molar-refractivity contribution in [2.24, 2.45) is 0 Å². The van der Waals surface area contributed by atoms with Gasteiger partial charge in [0.25, 0.3) is 21.6 Å². The van der Waals surface area contributed by atoms with Crippen LogP contribution in [-0.4, -0.2) is 46.0 Å². The van der Waals surface area contributed by atoms with E-state index in [2.05, 4.69) is 14.8 Å². The monoisotopic (exact) mass is 423 g/mol. The largest absolute Gasteiger partial charge is 0.495 e. The third-order valence-electron chi connectivity index (χ3n) is 3.67. The molecule has 2 rings (SSSR count). The van der Waals surface area contributed by atoms with E-state index in [-0.39, 0.29) is 23.5 Å². The average molecular weight is 423 g/mol. The number of carbonyl (C=O) groups excluding carboxylic acids is 2. The Bertz CT molecular complexity index is 1040. The van der Waals surface area contributed by atoms with Gasteiger partial charge in [-0.25, -0.2) is 8.42 Å². The number of non-ortho nitro benzene ring substituents is 1. The van der Waals surface area contributed by atoms with Crippen LogP contribution in [0.4, 0.5) is 11.4 Å². The molecule has 0 unspecified atom stereocenters. The van der Waals surface area contributed by atoms with Crippen LogP contribution in [0.5, 0.6) is 5.75 Å². The normalized spacial score (nSPS) is 10.7. The molecular formula is C17H17N3O8S. The number of esters is 1. The molecule has 11 nitrogen and oxygen atoms in total. The number of carbonyl (C=O) groups is 2. The van der Waals surface area contributed by atoms with Crippen LogP contribution in [0.3, 0.4) is 0 Å². The Morgan fingerprint density at radius 2 is 1.76 bits per heavy atom. The standard InChI is InChI=1S/C17H17N3O8S/c1-27-14-8-7-13(20(23)24)9-15(14)29(25,26)19-12-5-3-11(4-6-12)17(22)18-10-16(21)28-2/h3-9,19H,10H2,1-2H3,(H,18,22). The molecule has 29 heavy (non-hydrogen) atoms. The van der Waals surface area contributed by atoms with Crippen molar-refractivity contribution in [1.29, 1.82) is 0 Å². The molecule has 0 spiro atoms. The molecule has 0 fully saturated rings. The molecule has 0 aromatic heterocycles. The van der Waals surface area contributed by atoms with E-state index < -0.39 is 37.4 Å². The molecule has 2 aromatic rings. The highest BCUT2D eigenvalue weighted by atomic mass is 32.2. The second-order valence-corrected chi connectivity index (χ2v) is 7.18. The summed E-state index contributed by atoms with van der Waals surface area (Å²) in [6.07, 6.45) is 0. The summed E-state index contributed by atoms with van der Waals surface area (Å²) in [4.78, 5) is 32.8. The number of hydrogen-bond donors (Lipinski definition) is 2. The van der Waals surface area contributed by atoms with E-state index in [0.717, 1.165) is 12.1 Å². The number of rotatable bonds is 8. The summed E-state index contributed by atoms with van der Waals surface area (Å²) < 4.78 is 36.9. The highest BCUT2D eigenvalue weighted by Crippen LogP contribution is 2.29. The van der Waals surface area contributed by atoms with Gasteiger partial charge in [-0.1, -0.05) is 0 Å². The zero-order valence-electron chi connectivity index (χ0n) is 15.4. The number of nitrogens with zero attached hydrogens (tertiary/aromatic N) is 1. The minimum atomic E-state index is -4.21. The van der Waals surface area contributed by atoms with Gasteiger partial charge in [-0.2, -0.15) is 0 Å². The summed E-state index contributed by atoms with van der Waals surface area (Å²) in [5.41, 5.74) is -0.114. The van der Waals surface area contributed by atoms with E-state index in [1.807, 2.05) is 0 Å². The highest BCUT2D eigenvalue weighted by molar-refractivity contribution is 7.92. The number of ether oxygens (including phenoxy) is 2. The van der Waals surface area contributed by atoms with Gasteiger partial charge in [0.1, 0.15) is 17.2 Å². The van der Waals surface area contributed by atoms with Crippen molar-refractivity contribution in [3.05, 3.63) is 58.1 Å². The molecule has 0 saturated carbocycles. The van der Waals surface area contributed by atoms with Gasteiger partial charge in [0.05, 0.1) is 19.1 Å². The lowest BCUT2D eigenvalue weighted by Crippen LogP contribution is -2.30. The van der Waals surface area contributed by atoms with E-state index in [9.17, 15) is 28.1 Å². The molecule has 0 aliphatic heterocycles. The first kappa shape index (κ1) is 21.6. The van der Waals surface area contributed by atoms with E-state index in [1.165, 1.54) is 44.6 Å². The lowest BCUT2D eigenvalue weighted by Gasteiger charge is -2.12. The quantitative estimate of drug-likeness (QED) is 0.366. The Morgan fingerprint density at radius 1 is 1.10 bits per heavy atom. The number of benzene rings is 2. The van der Waals surface area contributed by atoms with E-state index in [4.69, 9.17) is 4.74 Å². The fourth-order valence-corrected chi connectivity index (χ4v) is 3.46. The number of methoxy groups -OCH3 is 2. The average Bonchev–Trinajstić information content (AvgIpc) is 2.71. The van der Waals surface area contributed by atoms with Gasteiger partial charge in [0.15, 0.2) is 0 Å². The first-order valence-corrected chi connectivity index (χ1v) is 9.46. The Balaban J connectivity index is 2.21. The summed E-state index contributed by atoms with van der Waals surface area (Å²) in [5.74, 6) is -1.24. The van der Waals surface area contributed by atoms with Crippen LogP contribution in [-0.2, 0) is 19.6 Å². The Kier molecular flexibility index (Phi) is 6.72. The molecule has 0 saturated heterocycles. The Labute approximate surface area is 165 Å².